The van der Waals surface area contributed by atoms with Gasteiger partial charge in [0.2, 0.25) is 0 Å². The average Bonchev–Trinajstić information content (AvgIpc) is 2.78. The Balaban J connectivity index is 2.14. The fourth-order valence-electron chi connectivity index (χ4n) is 2.32. The van der Waals surface area contributed by atoms with Crippen molar-refractivity contribution < 1.29 is 10.2 Å². The molecule has 0 aromatic carbocycles. The van der Waals surface area contributed by atoms with Crippen molar-refractivity contribution in [3.63, 3.8) is 0 Å². The zero-order chi connectivity index (χ0) is 13.4. The van der Waals surface area contributed by atoms with Gasteiger partial charge < -0.3 is 10.2 Å². The Morgan fingerprint density at radius 1 is 1.33 bits per heavy atom. The molecule has 0 saturated carbocycles. The first-order valence-electron chi connectivity index (χ1n) is 7.37. The smallest absolute Gasteiger partial charge is 0.111 e. The van der Waals surface area contributed by atoms with Crippen LogP contribution in [-0.2, 0) is 6.54 Å². The van der Waals surface area contributed by atoms with E-state index in [2.05, 4.69) is 44.5 Å². The van der Waals surface area contributed by atoms with E-state index in [1.165, 1.54) is 42.9 Å². The molecule has 1 atom stereocenters. The van der Waals surface area contributed by atoms with Crippen molar-refractivity contribution in [2.24, 2.45) is 0 Å². The molecule has 3 heteroatoms. The topological polar surface area (TPSA) is 21.1 Å². The fourth-order valence-corrected chi connectivity index (χ4v) is 3.20. The highest BCUT2D eigenvalue weighted by atomic mass is 32.1. The average molecular weight is 270 g/mol. The van der Waals surface area contributed by atoms with E-state index in [-0.39, 0.29) is 0 Å². The van der Waals surface area contributed by atoms with Gasteiger partial charge in [-0.1, -0.05) is 0 Å². The van der Waals surface area contributed by atoms with Crippen molar-refractivity contribution in [3.8, 4) is 0 Å². The fraction of sp³-hybridized carbons (Fsp3) is 0.733. The van der Waals surface area contributed by atoms with E-state index < -0.39 is 0 Å². The number of hydrogen-bond acceptors (Lipinski definition) is 1. The quantitative estimate of drug-likeness (QED) is 0.673. The Kier molecular flexibility index (Phi) is 7.56. The van der Waals surface area contributed by atoms with Crippen LogP contribution in [0.25, 0.3) is 0 Å². The van der Waals surface area contributed by atoms with E-state index in [4.69, 9.17) is 0 Å². The third-order valence-corrected chi connectivity index (χ3v) is 4.91. The lowest BCUT2D eigenvalue weighted by Crippen LogP contribution is -3.11. The van der Waals surface area contributed by atoms with Gasteiger partial charge in [-0.3, -0.25) is 0 Å². The Hall–Kier alpha value is -0.380. The summed E-state index contributed by atoms with van der Waals surface area (Å²) in [5.41, 5.74) is 1.45. The van der Waals surface area contributed by atoms with Crippen LogP contribution in [0.4, 0.5) is 0 Å². The van der Waals surface area contributed by atoms with Gasteiger partial charge in [-0.2, -0.15) is 0 Å². The van der Waals surface area contributed by atoms with Gasteiger partial charge >= 0.3 is 0 Å². The van der Waals surface area contributed by atoms with E-state index in [1.807, 2.05) is 11.3 Å². The molecule has 0 spiro atoms. The number of hydrogen-bond donors (Lipinski definition) is 2. The lowest BCUT2D eigenvalue weighted by atomic mass is 10.1. The molecule has 0 aliphatic rings. The van der Waals surface area contributed by atoms with Crippen LogP contribution in [-0.4, -0.2) is 25.7 Å². The predicted molar refractivity (Wildman–Crippen MR) is 80.3 cm³/mol. The lowest BCUT2D eigenvalue weighted by molar-refractivity contribution is -0.896. The largest absolute Gasteiger partial charge is 0.340 e. The minimum Gasteiger partial charge on any atom is -0.340 e. The van der Waals surface area contributed by atoms with Crippen LogP contribution in [0, 0.1) is 6.92 Å². The molecular weight excluding hydrogens is 240 g/mol. The highest BCUT2D eigenvalue weighted by molar-refractivity contribution is 7.10. The van der Waals surface area contributed by atoms with Crippen LogP contribution in [0.15, 0.2) is 11.4 Å². The molecule has 18 heavy (non-hydrogen) atoms. The number of aryl methyl sites for hydroxylation is 1. The maximum atomic E-state index is 2.50. The van der Waals surface area contributed by atoms with Crippen molar-refractivity contribution in [1.29, 1.82) is 0 Å². The molecule has 1 aromatic rings. The molecule has 0 saturated heterocycles. The number of thiophene rings is 1. The first-order valence-corrected chi connectivity index (χ1v) is 8.25. The van der Waals surface area contributed by atoms with Crippen molar-refractivity contribution >= 4 is 11.3 Å². The van der Waals surface area contributed by atoms with E-state index in [9.17, 15) is 0 Å². The molecule has 3 N–H and O–H groups in total. The normalized spacial score (nSPS) is 13.2. The first-order chi connectivity index (χ1) is 8.67. The van der Waals surface area contributed by atoms with Gasteiger partial charge in [0, 0.05) is 12.8 Å². The van der Waals surface area contributed by atoms with Crippen molar-refractivity contribution in [2.45, 2.75) is 53.1 Å². The molecule has 0 aliphatic heterocycles. The number of nitrogens with one attached hydrogen (secondary N) is 1. The summed E-state index contributed by atoms with van der Waals surface area (Å²) in [6.07, 6.45) is 2.70. The molecule has 0 aliphatic carbocycles. The first kappa shape index (κ1) is 15.7. The monoisotopic (exact) mass is 270 g/mol. The zero-order valence-electron chi connectivity index (χ0n) is 12.5. The predicted octanol–water partition coefficient (Wildman–Crippen LogP) is 1.21. The highest BCUT2D eigenvalue weighted by Gasteiger charge is 2.09. The van der Waals surface area contributed by atoms with Gasteiger partial charge in [-0.15, -0.1) is 11.3 Å². The molecule has 1 rings (SSSR count). The summed E-state index contributed by atoms with van der Waals surface area (Å²) in [5, 5.41) is 4.70. The highest BCUT2D eigenvalue weighted by Crippen LogP contribution is 2.13. The minimum atomic E-state index is 0.751. The number of rotatable bonds is 9. The molecule has 104 valence electrons. The Morgan fingerprint density at radius 2 is 2.06 bits per heavy atom. The van der Waals surface area contributed by atoms with Crippen LogP contribution in [0.2, 0.25) is 0 Å². The van der Waals surface area contributed by atoms with Crippen molar-refractivity contribution in [3.05, 3.63) is 21.9 Å². The van der Waals surface area contributed by atoms with Gasteiger partial charge in [0.1, 0.15) is 6.54 Å². The molecule has 1 heterocycles. The molecular formula is C15H30N2S+2. The lowest BCUT2D eigenvalue weighted by Gasteiger charge is -2.16. The van der Waals surface area contributed by atoms with Gasteiger partial charge in [-0.05, 0) is 44.7 Å². The third-order valence-electron chi connectivity index (χ3n) is 3.86. The molecule has 1 aromatic heterocycles. The SMILES string of the molecule is CC[NH+](CC)CCC[C@@H](C)[NH2+]Cc1sccc1C. The molecule has 0 radical (unpaired) electrons. The third kappa shape index (κ3) is 5.51. The maximum Gasteiger partial charge on any atom is 0.111 e. The minimum absolute atomic E-state index is 0.751. The molecule has 0 bridgehead atoms. The summed E-state index contributed by atoms with van der Waals surface area (Å²) >= 11 is 1.89. The van der Waals surface area contributed by atoms with E-state index >= 15 is 0 Å². The summed E-state index contributed by atoms with van der Waals surface area (Å²) in [6, 6.07) is 2.98. The molecule has 0 unspecified atom stereocenters. The number of quaternary nitrogens is 2. The van der Waals surface area contributed by atoms with Crippen molar-refractivity contribution in [1.82, 2.24) is 0 Å². The van der Waals surface area contributed by atoms with Gasteiger partial charge in [0.05, 0.1) is 30.6 Å². The van der Waals surface area contributed by atoms with Crippen LogP contribution in [0.3, 0.4) is 0 Å². The van der Waals surface area contributed by atoms with E-state index in [0.29, 0.717) is 0 Å². The van der Waals surface area contributed by atoms with E-state index in [1.54, 1.807) is 4.90 Å². The van der Waals surface area contributed by atoms with Crippen LogP contribution >= 0.6 is 11.3 Å². The summed E-state index contributed by atoms with van der Waals surface area (Å²) in [7, 11) is 0. The Morgan fingerprint density at radius 3 is 2.61 bits per heavy atom. The van der Waals surface area contributed by atoms with Gasteiger partial charge in [-0.25, -0.2) is 0 Å². The molecule has 0 fully saturated rings. The van der Waals surface area contributed by atoms with Gasteiger partial charge in [0.25, 0.3) is 0 Å². The maximum absolute atomic E-state index is 2.50. The van der Waals surface area contributed by atoms with E-state index in [0.717, 1.165) is 12.6 Å². The Bertz CT molecular complexity index is 318. The van der Waals surface area contributed by atoms with Crippen LogP contribution in [0.5, 0.6) is 0 Å². The van der Waals surface area contributed by atoms with Crippen molar-refractivity contribution in [2.75, 3.05) is 19.6 Å². The summed E-state index contributed by atoms with van der Waals surface area (Å²) in [6.45, 7) is 14.2. The second kappa shape index (κ2) is 8.68. The zero-order valence-corrected chi connectivity index (χ0v) is 13.3. The second-order valence-electron chi connectivity index (χ2n) is 5.29. The summed E-state index contributed by atoms with van der Waals surface area (Å²) in [5.74, 6) is 0. The summed E-state index contributed by atoms with van der Waals surface area (Å²) < 4.78 is 0. The van der Waals surface area contributed by atoms with Gasteiger partial charge in [0.15, 0.2) is 0 Å². The van der Waals surface area contributed by atoms with Crippen LogP contribution < -0.4 is 10.2 Å². The Labute approximate surface area is 116 Å². The van der Waals surface area contributed by atoms with Crippen LogP contribution in [0.1, 0.15) is 44.1 Å². The molecule has 2 nitrogen and oxygen atoms in total. The number of nitrogens with two attached hydrogens (primary N) is 1. The standard InChI is InChI=1S/C15H28N2S/c1-5-17(6-2)10-7-8-14(4)16-12-15-13(3)9-11-18-15/h9,11,14,16H,5-8,10,12H2,1-4H3/p+2/t14-/m1/s1. The second-order valence-corrected chi connectivity index (χ2v) is 6.29. The molecule has 0 amide bonds. The summed E-state index contributed by atoms with van der Waals surface area (Å²) in [4.78, 5) is 3.27.